The number of esters is 1. The van der Waals surface area contributed by atoms with E-state index in [0.29, 0.717) is 28.1 Å². The van der Waals surface area contributed by atoms with Crippen molar-refractivity contribution in [3.63, 3.8) is 0 Å². The minimum Gasteiger partial charge on any atom is -0.459 e. The van der Waals surface area contributed by atoms with Crippen molar-refractivity contribution in [2.75, 3.05) is 0 Å². The van der Waals surface area contributed by atoms with Crippen LogP contribution in [-0.2, 0) is 9.53 Å². The molecule has 1 atom stereocenters. The largest absolute Gasteiger partial charge is 0.459 e. The monoisotopic (exact) mass is 444 g/mol. The first kappa shape index (κ1) is 21.1. The fraction of sp³-hybridized carbons (Fsp3) is 0.308. The third-order valence-electron chi connectivity index (χ3n) is 6.74. The Labute approximate surface area is 191 Å². The van der Waals surface area contributed by atoms with Gasteiger partial charge in [-0.05, 0) is 32.6 Å². The Bertz CT molecular complexity index is 1240. The van der Waals surface area contributed by atoms with Crippen LogP contribution in [-0.4, -0.2) is 22.8 Å². The summed E-state index contributed by atoms with van der Waals surface area (Å²) in [5, 5.41) is 15.1. The van der Waals surface area contributed by atoms with Crippen LogP contribution >= 0.6 is 0 Å². The molecule has 0 aromatic heterocycles. The van der Waals surface area contributed by atoms with Crippen LogP contribution in [0.3, 0.4) is 0 Å². The van der Waals surface area contributed by atoms with E-state index in [0.717, 1.165) is 37.7 Å². The van der Waals surface area contributed by atoms with Gasteiger partial charge in [-0.1, -0.05) is 48.9 Å². The smallest absolute Gasteiger partial charge is 0.337 e. The van der Waals surface area contributed by atoms with E-state index in [4.69, 9.17) is 4.74 Å². The highest BCUT2D eigenvalue weighted by molar-refractivity contribution is 6.23. The van der Waals surface area contributed by atoms with E-state index in [1.54, 1.807) is 37.3 Å². The zero-order chi connectivity index (χ0) is 23.1. The Morgan fingerprint density at radius 3 is 2.42 bits per heavy atom. The maximum absolute atomic E-state index is 13.5. The zero-order valence-electron chi connectivity index (χ0n) is 18.3. The van der Waals surface area contributed by atoms with E-state index in [1.807, 2.05) is 12.1 Å². The van der Waals surface area contributed by atoms with Crippen molar-refractivity contribution in [2.24, 2.45) is 0 Å². The first-order valence-corrected chi connectivity index (χ1v) is 11.3. The molecule has 168 valence electrons. The molecule has 2 aromatic rings. The molecule has 1 N–H and O–H groups in total. The molecular weight excluding hydrogens is 420 g/mol. The van der Waals surface area contributed by atoms with E-state index in [2.05, 4.69) is 5.32 Å². The second kappa shape index (κ2) is 8.31. The van der Waals surface area contributed by atoms with E-state index in [1.165, 1.54) is 6.07 Å². The molecular formula is C26H24N2O5. The van der Waals surface area contributed by atoms with Gasteiger partial charge in [-0.2, -0.15) is 0 Å². The predicted molar refractivity (Wildman–Crippen MR) is 122 cm³/mol. The molecule has 0 bridgehead atoms. The van der Waals surface area contributed by atoms with Gasteiger partial charge in [0.05, 0.1) is 22.1 Å². The maximum atomic E-state index is 13.5. The fourth-order valence-corrected chi connectivity index (χ4v) is 5.21. The Balaban J connectivity index is 1.65. The van der Waals surface area contributed by atoms with Crippen LogP contribution in [0.1, 0.15) is 66.4 Å². The molecule has 1 aliphatic heterocycles. The lowest BCUT2D eigenvalue weighted by molar-refractivity contribution is -0.385. The van der Waals surface area contributed by atoms with E-state index < -0.39 is 16.8 Å². The summed E-state index contributed by atoms with van der Waals surface area (Å²) in [6, 6.07) is 13.5. The van der Waals surface area contributed by atoms with Crippen molar-refractivity contribution in [3.05, 3.63) is 92.2 Å². The Kier molecular flexibility index (Phi) is 5.32. The molecule has 0 unspecified atom stereocenters. The molecule has 5 rings (SSSR count). The first-order valence-electron chi connectivity index (χ1n) is 11.3. The number of hydrogen-bond acceptors (Lipinski definition) is 6. The van der Waals surface area contributed by atoms with Crippen LogP contribution in [0.15, 0.2) is 65.4 Å². The molecule has 1 saturated carbocycles. The Morgan fingerprint density at radius 1 is 1.03 bits per heavy atom. The van der Waals surface area contributed by atoms with Crippen LogP contribution in [0, 0.1) is 10.1 Å². The SMILES string of the molecule is CC1=C(C(=O)OC2CCCCC2)[C@H](c2ccccc2[N+](=O)[O-])C2=C(N1)c1ccccc1C2=O. The molecule has 0 saturated heterocycles. The minimum absolute atomic E-state index is 0.129. The van der Waals surface area contributed by atoms with E-state index >= 15 is 0 Å². The van der Waals surface area contributed by atoms with Gasteiger partial charge in [0.2, 0.25) is 0 Å². The predicted octanol–water partition coefficient (Wildman–Crippen LogP) is 5.04. The number of allylic oxidation sites excluding steroid dienone is 2. The van der Waals surface area contributed by atoms with Gasteiger partial charge in [-0.25, -0.2) is 4.79 Å². The Morgan fingerprint density at radius 2 is 1.70 bits per heavy atom. The summed E-state index contributed by atoms with van der Waals surface area (Å²) in [6.07, 6.45) is 4.57. The van der Waals surface area contributed by atoms with Gasteiger partial charge in [0.15, 0.2) is 5.78 Å². The van der Waals surface area contributed by atoms with Gasteiger partial charge < -0.3 is 10.1 Å². The van der Waals surface area contributed by atoms with Crippen molar-refractivity contribution in [1.82, 2.24) is 5.32 Å². The number of rotatable bonds is 4. The number of para-hydroxylation sites is 1. The molecule has 0 radical (unpaired) electrons. The number of dihydropyridines is 1. The number of benzene rings is 2. The molecule has 1 fully saturated rings. The van der Waals surface area contributed by atoms with Gasteiger partial charge in [-0.3, -0.25) is 14.9 Å². The number of Topliss-reactive ketones (excluding diaryl/α,β-unsaturated/α-hetero) is 1. The number of ether oxygens (including phenoxy) is 1. The third-order valence-corrected chi connectivity index (χ3v) is 6.74. The first-order chi connectivity index (χ1) is 16.0. The number of ketones is 1. The van der Waals surface area contributed by atoms with Crippen molar-refractivity contribution >= 4 is 23.1 Å². The standard InChI is InChI=1S/C26H24N2O5/c1-15-21(26(30)33-16-9-3-2-4-10-16)22(19-13-7-8-14-20(19)28(31)32)23-24(27-15)17-11-5-6-12-18(17)25(23)29/h5-8,11-14,16,22,27H,2-4,9-10H2,1H3/t22-/m0/s1. The lowest BCUT2D eigenvalue weighted by atomic mass is 9.79. The lowest BCUT2D eigenvalue weighted by Crippen LogP contribution is -2.31. The number of nitrogens with zero attached hydrogens (tertiary/aromatic N) is 1. The van der Waals surface area contributed by atoms with Crippen LogP contribution in [0.4, 0.5) is 5.69 Å². The van der Waals surface area contributed by atoms with Crippen molar-refractivity contribution in [3.8, 4) is 0 Å². The highest BCUT2D eigenvalue weighted by Gasteiger charge is 2.45. The van der Waals surface area contributed by atoms with Crippen LogP contribution in [0.25, 0.3) is 5.70 Å². The minimum atomic E-state index is -0.890. The summed E-state index contributed by atoms with van der Waals surface area (Å²) >= 11 is 0. The normalized spacial score (nSPS) is 20.3. The summed E-state index contributed by atoms with van der Waals surface area (Å²) in [7, 11) is 0. The number of fused-ring (bicyclic) bond motifs is 2. The summed E-state index contributed by atoms with van der Waals surface area (Å²) in [5.41, 5.74) is 3.20. The molecule has 2 aromatic carbocycles. The van der Waals surface area contributed by atoms with Gasteiger partial charge in [0, 0.05) is 34.0 Å². The quantitative estimate of drug-likeness (QED) is 0.403. The third kappa shape index (κ3) is 3.53. The maximum Gasteiger partial charge on any atom is 0.337 e. The average molecular weight is 444 g/mol. The molecule has 0 spiro atoms. The molecule has 2 aliphatic carbocycles. The van der Waals surface area contributed by atoms with Gasteiger partial charge in [0.1, 0.15) is 6.10 Å². The van der Waals surface area contributed by atoms with Crippen LogP contribution in [0.2, 0.25) is 0 Å². The van der Waals surface area contributed by atoms with Crippen molar-refractivity contribution in [2.45, 2.75) is 51.0 Å². The molecule has 1 heterocycles. The second-order valence-electron chi connectivity index (χ2n) is 8.74. The molecule has 33 heavy (non-hydrogen) atoms. The summed E-state index contributed by atoms with van der Waals surface area (Å²) in [4.78, 5) is 38.4. The lowest BCUT2D eigenvalue weighted by Gasteiger charge is -2.30. The highest BCUT2D eigenvalue weighted by Crippen LogP contribution is 2.48. The summed E-state index contributed by atoms with van der Waals surface area (Å²) in [6.45, 7) is 1.76. The van der Waals surface area contributed by atoms with Gasteiger partial charge in [-0.15, -0.1) is 0 Å². The second-order valence-corrected chi connectivity index (χ2v) is 8.74. The molecule has 3 aliphatic rings. The van der Waals surface area contributed by atoms with Crippen LogP contribution in [0.5, 0.6) is 0 Å². The van der Waals surface area contributed by atoms with Crippen molar-refractivity contribution < 1.29 is 19.2 Å². The molecule has 7 nitrogen and oxygen atoms in total. The fourth-order valence-electron chi connectivity index (χ4n) is 5.21. The summed E-state index contributed by atoms with van der Waals surface area (Å²) in [5.74, 6) is -1.64. The Hall–Kier alpha value is -3.74. The molecule has 7 heteroatoms. The zero-order valence-corrected chi connectivity index (χ0v) is 18.3. The highest BCUT2D eigenvalue weighted by atomic mass is 16.6. The average Bonchev–Trinajstić information content (AvgIpc) is 3.10. The number of carbonyl (C=O) groups is 2. The van der Waals surface area contributed by atoms with E-state index in [-0.39, 0.29) is 23.1 Å². The number of nitro groups is 1. The van der Waals surface area contributed by atoms with Crippen LogP contribution < -0.4 is 5.32 Å². The van der Waals surface area contributed by atoms with E-state index in [9.17, 15) is 19.7 Å². The number of carbonyl (C=O) groups excluding carboxylic acids is 2. The van der Waals surface area contributed by atoms with Gasteiger partial charge >= 0.3 is 5.97 Å². The molecule has 0 amide bonds. The van der Waals surface area contributed by atoms with Crippen molar-refractivity contribution in [1.29, 1.82) is 0 Å². The number of nitro benzene ring substituents is 1. The van der Waals surface area contributed by atoms with Gasteiger partial charge in [0.25, 0.3) is 5.69 Å². The number of nitrogens with one attached hydrogen (secondary N) is 1. The summed E-state index contributed by atoms with van der Waals surface area (Å²) < 4.78 is 5.87. The number of hydrogen-bond donors (Lipinski definition) is 1. The topological polar surface area (TPSA) is 98.5 Å².